The third-order valence-corrected chi connectivity index (χ3v) is 3.07. The first-order valence-corrected chi connectivity index (χ1v) is 5.98. The molecule has 5 heteroatoms. The quantitative estimate of drug-likeness (QED) is 0.792. The molecule has 0 atom stereocenters. The molecule has 0 unspecified atom stereocenters. The van der Waals surface area contributed by atoms with E-state index < -0.39 is 0 Å². The summed E-state index contributed by atoms with van der Waals surface area (Å²) in [6.45, 7) is 4.78. The molecule has 0 aliphatic rings. The number of nitrogens with zero attached hydrogens (tertiary/aromatic N) is 2. The van der Waals surface area contributed by atoms with E-state index in [9.17, 15) is 4.79 Å². The van der Waals surface area contributed by atoms with E-state index >= 15 is 0 Å². The fourth-order valence-electron chi connectivity index (χ4n) is 2.03. The Morgan fingerprint density at radius 3 is 2.94 bits per heavy atom. The van der Waals surface area contributed by atoms with Gasteiger partial charge < -0.3 is 5.73 Å². The second kappa shape index (κ2) is 4.61. The molecule has 0 aliphatic heterocycles. The van der Waals surface area contributed by atoms with Gasteiger partial charge >= 0.3 is 5.69 Å². The van der Waals surface area contributed by atoms with Crippen molar-refractivity contribution in [3.63, 3.8) is 0 Å². The van der Waals surface area contributed by atoms with Gasteiger partial charge in [0.05, 0.1) is 17.4 Å². The number of fused-ring (bicyclic) bond motifs is 1. The molecule has 3 N–H and O–H groups in total. The Hall–Kier alpha value is -1.78. The van der Waals surface area contributed by atoms with E-state index in [4.69, 9.17) is 5.73 Å². The smallest absolute Gasteiger partial charge is 0.327 e. The lowest BCUT2D eigenvalue weighted by Gasteiger charge is -2.06. The van der Waals surface area contributed by atoms with Crippen LogP contribution in [0.2, 0.25) is 0 Å². The van der Waals surface area contributed by atoms with Gasteiger partial charge in [0.15, 0.2) is 5.65 Å². The molecular weight excluding hydrogens is 216 g/mol. The highest BCUT2D eigenvalue weighted by atomic mass is 16.1. The summed E-state index contributed by atoms with van der Waals surface area (Å²) >= 11 is 0. The number of anilines is 1. The average molecular weight is 234 g/mol. The molecule has 2 aromatic rings. The van der Waals surface area contributed by atoms with Crippen LogP contribution in [0, 0.1) is 6.92 Å². The number of aromatic nitrogens is 3. The summed E-state index contributed by atoms with van der Waals surface area (Å²) in [5.41, 5.74) is 8.74. The Morgan fingerprint density at radius 2 is 2.24 bits per heavy atom. The van der Waals surface area contributed by atoms with Crippen molar-refractivity contribution in [3.05, 3.63) is 22.2 Å². The lowest BCUT2D eigenvalue weighted by molar-refractivity contribution is 0.600. The van der Waals surface area contributed by atoms with Crippen LogP contribution in [0.1, 0.15) is 31.7 Å². The van der Waals surface area contributed by atoms with E-state index in [1.807, 2.05) is 6.92 Å². The predicted molar refractivity (Wildman–Crippen MR) is 69.0 cm³/mol. The van der Waals surface area contributed by atoms with Crippen LogP contribution in [0.3, 0.4) is 0 Å². The molecule has 0 bridgehead atoms. The number of aromatic amines is 1. The molecule has 0 aliphatic carbocycles. The van der Waals surface area contributed by atoms with E-state index in [1.165, 1.54) is 0 Å². The summed E-state index contributed by atoms with van der Waals surface area (Å²) in [6.07, 6.45) is 4.84. The summed E-state index contributed by atoms with van der Waals surface area (Å²) in [6, 6.07) is 0. The molecular formula is C12H18N4O. The Morgan fingerprint density at radius 1 is 1.47 bits per heavy atom. The van der Waals surface area contributed by atoms with Crippen molar-refractivity contribution in [2.75, 3.05) is 5.73 Å². The first-order chi connectivity index (χ1) is 8.15. The summed E-state index contributed by atoms with van der Waals surface area (Å²) in [5.74, 6) is 0. The second-order valence-electron chi connectivity index (χ2n) is 4.32. The monoisotopic (exact) mass is 234 g/mol. The Labute approximate surface area is 99.7 Å². The lowest BCUT2D eigenvalue weighted by Crippen LogP contribution is -2.17. The third-order valence-electron chi connectivity index (χ3n) is 3.07. The molecule has 5 nitrogen and oxygen atoms in total. The largest absolute Gasteiger partial charge is 0.397 e. The number of nitrogens with two attached hydrogens (primary N) is 1. The molecule has 0 radical (unpaired) electrons. The molecule has 2 heterocycles. The number of hydrogen-bond donors (Lipinski definition) is 2. The van der Waals surface area contributed by atoms with Crippen LogP contribution in [0.15, 0.2) is 11.0 Å². The maximum Gasteiger partial charge on any atom is 0.327 e. The highest BCUT2D eigenvalue weighted by Gasteiger charge is 2.11. The predicted octanol–water partition coefficient (Wildman–Crippen LogP) is 1.81. The van der Waals surface area contributed by atoms with Gasteiger partial charge in [0, 0.05) is 12.1 Å². The van der Waals surface area contributed by atoms with Gasteiger partial charge in [-0.05, 0) is 13.3 Å². The SMILES string of the molecule is CCCCCn1c(=O)[nH]c2ncc(N)c(C)c21. The van der Waals surface area contributed by atoms with E-state index in [-0.39, 0.29) is 5.69 Å². The maximum atomic E-state index is 11.8. The summed E-state index contributed by atoms with van der Waals surface area (Å²) < 4.78 is 1.74. The van der Waals surface area contributed by atoms with Crippen molar-refractivity contribution in [2.24, 2.45) is 0 Å². The van der Waals surface area contributed by atoms with Crippen LogP contribution >= 0.6 is 0 Å². The molecule has 0 saturated heterocycles. The minimum atomic E-state index is -0.0997. The number of hydrogen-bond acceptors (Lipinski definition) is 3. The van der Waals surface area contributed by atoms with E-state index in [1.54, 1.807) is 10.8 Å². The molecule has 0 spiro atoms. The molecule has 2 rings (SSSR count). The van der Waals surface area contributed by atoms with E-state index in [0.717, 1.165) is 36.9 Å². The van der Waals surface area contributed by atoms with Crippen LogP contribution < -0.4 is 11.4 Å². The average Bonchev–Trinajstić information content (AvgIpc) is 2.62. The number of unbranched alkanes of at least 4 members (excludes halogenated alkanes) is 2. The number of nitrogens with one attached hydrogen (secondary N) is 1. The molecule has 0 saturated carbocycles. The highest BCUT2D eigenvalue weighted by Crippen LogP contribution is 2.19. The summed E-state index contributed by atoms with van der Waals surface area (Å²) in [5, 5.41) is 0. The number of rotatable bonds is 4. The highest BCUT2D eigenvalue weighted by molar-refractivity contribution is 5.79. The molecule has 0 fully saturated rings. The van der Waals surface area contributed by atoms with E-state index in [0.29, 0.717) is 11.3 Å². The van der Waals surface area contributed by atoms with Crippen molar-refractivity contribution in [2.45, 2.75) is 39.7 Å². The van der Waals surface area contributed by atoms with E-state index in [2.05, 4.69) is 16.9 Å². The van der Waals surface area contributed by atoms with Gasteiger partial charge in [-0.1, -0.05) is 19.8 Å². The molecule has 0 amide bonds. The van der Waals surface area contributed by atoms with Crippen molar-refractivity contribution in [1.29, 1.82) is 0 Å². The zero-order valence-corrected chi connectivity index (χ0v) is 10.3. The fraction of sp³-hybridized carbons (Fsp3) is 0.500. The Balaban J connectivity index is 2.49. The zero-order chi connectivity index (χ0) is 12.4. The van der Waals surface area contributed by atoms with Crippen LogP contribution in [0.5, 0.6) is 0 Å². The number of imidazole rings is 1. The van der Waals surface area contributed by atoms with Crippen molar-refractivity contribution in [1.82, 2.24) is 14.5 Å². The number of H-pyrrole nitrogens is 1. The van der Waals surface area contributed by atoms with Gasteiger partial charge in [-0.15, -0.1) is 0 Å². The molecule has 0 aromatic carbocycles. The van der Waals surface area contributed by atoms with Gasteiger partial charge in [-0.2, -0.15) is 0 Å². The van der Waals surface area contributed by atoms with Crippen molar-refractivity contribution < 1.29 is 0 Å². The van der Waals surface area contributed by atoms with Crippen LogP contribution in [0.4, 0.5) is 5.69 Å². The summed E-state index contributed by atoms with van der Waals surface area (Å²) in [7, 11) is 0. The minimum Gasteiger partial charge on any atom is -0.397 e. The Bertz CT molecular complexity index is 582. The topological polar surface area (TPSA) is 76.7 Å². The van der Waals surface area contributed by atoms with Crippen molar-refractivity contribution in [3.8, 4) is 0 Å². The fourth-order valence-corrected chi connectivity index (χ4v) is 2.03. The standard InChI is InChI=1S/C12H18N4O/c1-3-4-5-6-16-10-8(2)9(13)7-14-11(10)15-12(16)17/h7H,3-6,13H2,1-2H3,(H,14,15,17). The Kier molecular flexibility index (Phi) is 3.17. The van der Waals surface area contributed by atoms with Gasteiger partial charge in [0.2, 0.25) is 0 Å². The van der Waals surface area contributed by atoms with Crippen LogP contribution in [0.25, 0.3) is 11.2 Å². The number of pyridine rings is 1. The minimum absolute atomic E-state index is 0.0997. The lowest BCUT2D eigenvalue weighted by atomic mass is 10.2. The molecule has 2 aromatic heterocycles. The first-order valence-electron chi connectivity index (χ1n) is 5.98. The molecule has 17 heavy (non-hydrogen) atoms. The van der Waals surface area contributed by atoms with Crippen LogP contribution in [-0.4, -0.2) is 14.5 Å². The van der Waals surface area contributed by atoms with Gasteiger partial charge in [-0.25, -0.2) is 9.78 Å². The maximum absolute atomic E-state index is 11.8. The number of nitrogen functional groups attached to an aromatic ring is 1. The van der Waals surface area contributed by atoms with Gasteiger partial charge in [0.25, 0.3) is 0 Å². The van der Waals surface area contributed by atoms with Gasteiger partial charge in [-0.3, -0.25) is 9.55 Å². The molecule has 92 valence electrons. The van der Waals surface area contributed by atoms with Crippen LogP contribution in [-0.2, 0) is 6.54 Å². The normalized spacial score (nSPS) is 11.2. The van der Waals surface area contributed by atoms with Crippen molar-refractivity contribution >= 4 is 16.9 Å². The third kappa shape index (κ3) is 2.05. The summed E-state index contributed by atoms with van der Waals surface area (Å²) in [4.78, 5) is 18.7. The first kappa shape index (κ1) is 11.7. The number of aryl methyl sites for hydroxylation is 2. The van der Waals surface area contributed by atoms with Gasteiger partial charge in [0.1, 0.15) is 0 Å². The second-order valence-corrected chi connectivity index (χ2v) is 4.32. The zero-order valence-electron chi connectivity index (χ0n) is 10.3.